The van der Waals surface area contributed by atoms with Crippen molar-refractivity contribution in [1.29, 1.82) is 0 Å². The minimum Gasteiger partial charge on any atom is -0.467 e. The molecule has 1 fully saturated rings. The largest absolute Gasteiger partial charge is 0.467 e. The fourth-order valence-corrected chi connectivity index (χ4v) is 4.20. The maximum Gasteiger partial charge on any atom is 0.338 e. The zero-order valence-corrected chi connectivity index (χ0v) is 17.8. The summed E-state index contributed by atoms with van der Waals surface area (Å²) < 4.78 is 10.4. The van der Waals surface area contributed by atoms with E-state index in [0.717, 1.165) is 30.6 Å². The van der Waals surface area contributed by atoms with Gasteiger partial charge in [0.1, 0.15) is 5.76 Å². The van der Waals surface area contributed by atoms with E-state index < -0.39 is 17.8 Å². The van der Waals surface area contributed by atoms with Crippen molar-refractivity contribution in [3.05, 3.63) is 59.0 Å². The lowest BCUT2D eigenvalue weighted by molar-refractivity contribution is -0.125. The maximum absolute atomic E-state index is 12.7. The van der Waals surface area contributed by atoms with Crippen molar-refractivity contribution in [3.8, 4) is 0 Å². The second-order valence-corrected chi connectivity index (χ2v) is 8.22. The van der Waals surface area contributed by atoms with E-state index in [1.165, 1.54) is 43.7 Å². The quantitative estimate of drug-likeness (QED) is 0.547. The Morgan fingerprint density at radius 1 is 1.00 bits per heavy atom. The van der Waals surface area contributed by atoms with Gasteiger partial charge in [-0.25, -0.2) is 4.79 Å². The van der Waals surface area contributed by atoms with Crippen molar-refractivity contribution < 1.29 is 28.3 Å². The van der Waals surface area contributed by atoms with Crippen LogP contribution in [0.4, 0.5) is 0 Å². The van der Waals surface area contributed by atoms with Gasteiger partial charge < -0.3 is 14.5 Å². The van der Waals surface area contributed by atoms with Crippen LogP contribution in [0.25, 0.3) is 0 Å². The second-order valence-electron chi connectivity index (χ2n) is 8.22. The fourth-order valence-electron chi connectivity index (χ4n) is 4.20. The Morgan fingerprint density at radius 2 is 1.72 bits per heavy atom. The van der Waals surface area contributed by atoms with Crippen LogP contribution < -0.4 is 5.32 Å². The number of nitrogens with zero attached hydrogens (tertiary/aromatic N) is 1. The number of imide groups is 1. The van der Waals surface area contributed by atoms with Gasteiger partial charge in [0, 0.05) is 6.04 Å². The lowest BCUT2D eigenvalue weighted by atomic mass is 9.97. The van der Waals surface area contributed by atoms with E-state index >= 15 is 0 Å². The average Bonchev–Trinajstić information content (AvgIpc) is 3.36. The highest BCUT2D eigenvalue weighted by Crippen LogP contribution is 2.26. The number of esters is 1. The summed E-state index contributed by atoms with van der Waals surface area (Å²) in [6, 6.07) is 7.67. The molecule has 2 aliphatic rings. The van der Waals surface area contributed by atoms with Gasteiger partial charge in [-0.1, -0.05) is 32.1 Å². The smallest absolute Gasteiger partial charge is 0.338 e. The third kappa shape index (κ3) is 4.90. The molecule has 1 N–H and O–H groups in total. The Kier molecular flexibility index (Phi) is 6.68. The molecule has 32 heavy (non-hydrogen) atoms. The van der Waals surface area contributed by atoms with Crippen LogP contribution in [0.2, 0.25) is 0 Å². The molecule has 3 amide bonds. The molecule has 8 heteroatoms. The molecule has 1 aromatic carbocycles. The van der Waals surface area contributed by atoms with Crippen molar-refractivity contribution in [2.75, 3.05) is 6.61 Å². The minimum atomic E-state index is -0.717. The Hall–Kier alpha value is -3.42. The summed E-state index contributed by atoms with van der Waals surface area (Å²) in [5.74, 6) is -1.52. The van der Waals surface area contributed by atoms with Gasteiger partial charge in [-0.15, -0.1) is 0 Å². The third-order valence-corrected chi connectivity index (χ3v) is 5.91. The van der Waals surface area contributed by atoms with Crippen molar-refractivity contribution in [3.63, 3.8) is 0 Å². The van der Waals surface area contributed by atoms with Crippen LogP contribution in [0.5, 0.6) is 0 Å². The summed E-state index contributed by atoms with van der Waals surface area (Å²) in [6.45, 7) is -0.371. The van der Waals surface area contributed by atoms with Crippen LogP contribution >= 0.6 is 0 Å². The highest BCUT2D eigenvalue weighted by molar-refractivity contribution is 6.21. The molecule has 8 nitrogen and oxygen atoms in total. The van der Waals surface area contributed by atoms with Crippen molar-refractivity contribution in [2.45, 2.75) is 57.5 Å². The Balaban J connectivity index is 1.34. The Labute approximate surface area is 185 Å². The number of carbonyl (C=O) groups is 4. The zero-order valence-electron chi connectivity index (χ0n) is 17.8. The van der Waals surface area contributed by atoms with Gasteiger partial charge in [-0.05, 0) is 43.2 Å². The van der Waals surface area contributed by atoms with Gasteiger partial charge >= 0.3 is 5.97 Å². The SMILES string of the molecule is O=C(COC(=O)c1ccc2c(c1)C(=O)N(Cc1ccco1)C2=O)NC1CCCCCCC1. The predicted octanol–water partition coefficient (Wildman–Crippen LogP) is 3.46. The van der Waals surface area contributed by atoms with Crippen LogP contribution in [-0.4, -0.2) is 41.2 Å². The first kappa shape index (κ1) is 21.8. The molecule has 0 radical (unpaired) electrons. The number of carbonyl (C=O) groups excluding carboxylic acids is 4. The number of ether oxygens (including phenoxy) is 1. The van der Waals surface area contributed by atoms with Gasteiger partial charge in [0.05, 0.1) is 29.5 Å². The molecule has 0 saturated heterocycles. The minimum absolute atomic E-state index is 0.0143. The van der Waals surface area contributed by atoms with Crippen LogP contribution in [-0.2, 0) is 16.1 Å². The number of hydrogen-bond donors (Lipinski definition) is 1. The predicted molar refractivity (Wildman–Crippen MR) is 114 cm³/mol. The van der Waals surface area contributed by atoms with E-state index in [1.807, 2.05) is 0 Å². The molecule has 0 spiro atoms. The molecule has 168 valence electrons. The number of amides is 3. The van der Waals surface area contributed by atoms with E-state index in [-0.39, 0.29) is 41.8 Å². The number of fused-ring (bicyclic) bond motifs is 1. The fraction of sp³-hybridized carbons (Fsp3) is 0.417. The summed E-state index contributed by atoms with van der Waals surface area (Å²) in [4.78, 5) is 51.0. The first-order valence-electron chi connectivity index (χ1n) is 11.0. The summed E-state index contributed by atoms with van der Waals surface area (Å²) in [5, 5.41) is 2.94. The molecular formula is C24H26N2O6. The lowest BCUT2D eigenvalue weighted by Crippen LogP contribution is -2.38. The first-order valence-corrected chi connectivity index (χ1v) is 11.0. The molecule has 4 rings (SSSR count). The summed E-state index contributed by atoms with van der Waals surface area (Å²) >= 11 is 0. The van der Waals surface area contributed by atoms with Crippen LogP contribution in [0.3, 0.4) is 0 Å². The van der Waals surface area contributed by atoms with Gasteiger partial charge in [-0.3, -0.25) is 19.3 Å². The number of benzene rings is 1. The highest BCUT2D eigenvalue weighted by Gasteiger charge is 2.36. The van der Waals surface area contributed by atoms with Crippen molar-refractivity contribution >= 4 is 23.7 Å². The third-order valence-electron chi connectivity index (χ3n) is 5.91. The van der Waals surface area contributed by atoms with E-state index in [4.69, 9.17) is 9.15 Å². The van der Waals surface area contributed by atoms with Crippen LogP contribution in [0.1, 0.15) is 81.8 Å². The van der Waals surface area contributed by atoms with Gasteiger partial charge in [-0.2, -0.15) is 0 Å². The second kappa shape index (κ2) is 9.80. The van der Waals surface area contributed by atoms with E-state index in [1.54, 1.807) is 12.1 Å². The summed E-state index contributed by atoms with van der Waals surface area (Å²) in [6.07, 6.45) is 9.12. The maximum atomic E-state index is 12.7. The molecule has 2 heterocycles. The number of furan rings is 1. The average molecular weight is 438 g/mol. The van der Waals surface area contributed by atoms with Crippen molar-refractivity contribution in [1.82, 2.24) is 10.2 Å². The molecule has 1 saturated carbocycles. The first-order chi connectivity index (χ1) is 15.5. The Bertz CT molecular complexity index is 1010. The summed E-state index contributed by atoms with van der Waals surface area (Å²) in [5.41, 5.74) is 0.471. The standard InChI is InChI=1S/C24H26N2O6/c27-21(25-17-7-4-2-1-3-5-8-17)15-32-24(30)16-10-11-19-20(13-16)23(29)26(22(19)28)14-18-9-6-12-31-18/h6,9-13,17H,1-5,7-8,14-15H2,(H,25,27). The number of hydrogen-bond acceptors (Lipinski definition) is 6. The molecular weight excluding hydrogens is 412 g/mol. The van der Waals surface area contributed by atoms with Gasteiger partial charge in [0.15, 0.2) is 6.61 Å². The van der Waals surface area contributed by atoms with Gasteiger partial charge in [0.25, 0.3) is 17.7 Å². The normalized spacial score (nSPS) is 16.9. The molecule has 0 unspecified atom stereocenters. The van der Waals surface area contributed by atoms with E-state index in [2.05, 4.69) is 5.32 Å². The van der Waals surface area contributed by atoms with E-state index in [0.29, 0.717) is 5.76 Å². The topological polar surface area (TPSA) is 106 Å². The molecule has 2 aromatic rings. The molecule has 1 aromatic heterocycles. The monoisotopic (exact) mass is 438 g/mol. The van der Waals surface area contributed by atoms with Crippen molar-refractivity contribution in [2.24, 2.45) is 0 Å². The lowest BCUT2D eigenvalue weighted by Gasteiger charge is -2.20. The summed E-state index contributed by atoms with van der Waals surface area (Å²) in [7, 11) is 0. The Morgan fingerprint density at radius 3 is 2.44 bits per heavy atom. The molecule has 0 bridgehead atoms. The molecule has 0 atom stereocenters. The van der Waals surface area contributed by atoms with E-state index in [9.17, 15) is 19.2 Å². The molecule has 1 aliphatic carbocycles. The molecule has 1 aliphatic heterocycles. The van der Waals surface area contributed by atoms with Gasteiger partial charge in [0.2, 0.25) is 0 Å². The van der Waals surface area contributed by atoms with Crippen LogP contribution in [0, 0.1) is 0 Å². The number of rotatable bonds is 6. The van der Waals surface area contributed by atoms with Crippen LogP contribution in [0.15, 0.2) is 41.0 Å². The number of nitrogens with one attached hydrogen (secondary N) is 1. The zero-order chi connectivity index (χ0) is 22.5. The highest BCUT2D eigenvalue weighted by atomic mass is 16.5.